The third kappa shape index (κ3) is 3.86. The minimum atomic E-state index is -0.446. The van der Waals surface area contributed by atoms with Crippen molar-refractivity contribution in [3.63, 3.8) is 0 Å². The molecule has 0 saturated carbocycles. The Morgan fingerprint density at radius 2 is 2.07 bits per heavy atom. The highest BCUT2D eigenvalue weighted by Gasteiger charge is 2.29. The molecule has 0 spiro atoms. The lowest BCUT2D eigenvalue weighted by Crippen LogP contribution is -2.49. The summed E-state index contributed by atoms with van der Waals surface area (Å²) < 4.78 is 6.90. The quantitative estimate of drug-likeness (QED) is 0.355. The molecule has 10 heteroatoms. The summed E-state index contributed by atoms with van der Waals surface area (Å²) >= 11 is 1.40. The van der Waals surface area contributed by atoms with Crippen LogP contribution < -0.4 is 10.6 Å². The largest absolute Gasteiger partial charge is 0.463 e. The van der Waals surface area contributed by atoms with Gasteiger partial charge in [0.1, 0.15) is 11.4 Å². The van der Waals surface area contributed by atoms with Crippen molar-refractivity contribution in [1.82, 2.24) is 30.4 Å². The second-order valence-electron chi connectivity index (χ2n) is 6.53. The van der Waals surface area contributed by atoms with E-state index in [1.165, 1.54) is 18.1 Å². The van der Waals surface area contributed by atoms with Crippen molar-refractivity contribution < 1.29 is 14.3 Å². The monoisotopic (exact) mass is 424 g/mol. The topological polar surface area (TPSA) is 111 Å². The summed E-state index contributed by atoms with van der Waals surface area (Å²) in [6.07, 6.45) is 3.20. The van der Waals surface area contributed by atoms with Gasteiger partial charge in [-0.25, -0.2) is 24.2 Å². The highest BCUT2D eigenvalue weighted by atomic mass is 32.2. The van der Waals surface area contributed by atoms with Gasteiger partial charge in [0.25, 0.3) is 0 Å². The lowest BCUT2D eigenvalue weighted by Gasteiger charge is -2.26. The molecular formula is C20H20N6O3S. The Morgan fingerprint density at radius 3 is 2.83 bits per heavy atom. The van der Waals surface area contributed by atoms with E-state index in [2.05, 4.69) is 25.7 Å². The molecule has 1 atom stereocenters. The first kappa shape index (κ1) is 19.9. The van der Waals surface area contributed by atoms with Crippen LogP contribution in [0.1, 0.15) is 13.8 Å². The fraction of sp³-hybridized carbons (Fsp3) is 0.250. The lowest BCUT2D eigenvalue weighted by molar-refractivity contribution is -0.138. The van der Waals surface area contributed by atoms with Crippen LogP contribution in [-0.2, 0) is 9.53 Å². The molecule has 3 heterocycles. The van der Waals surface area contributed by atoms with E-state index < -0.39 is 12.0 Å². The second-order valence-corrected chi connectivity index (χ2v) is 7.49. The summed E-state index contributed by atoms with van der Waals surface area (Å²) in [6.45, 7) is 3.76. The summed E-state index contributed by atoms with van der Waals surface area (Å²) in [5, 5.41) is 11.4. The number of amides is 2. The summed E-state index contributed by atoms with van der Waals surface area (Å²) in [6, 6.07) is 8.91. The molecule has 0 aliphatic carbocycles. The first-order chi connectivity index (χ1) is 14.6. The normalized spacial score (nSPS) is 16.3. The van der Waals surface area contributed by atoms with E-state index in [0.29, 0.717) is 27.7 Å². The molecule has 2 amide bonds. The van der Waals surface area contributed by atoms with Crippen LogP contribution in [0.15, 0.2) is 59.2 Å². The number of benzene rings is 1. The van der Waals surface area contributed by atoms with Crippen LogP contribution in [0.4, 0.5) is 4.79 Å². The average Bonchev–Trinajstić information content (AvgIpc) is 3.17. The Balaban J connectivity index is 1.64. The van der Waals surface area contributed by atoms with E-state index >= 15 is 0 Å². The number of fused-ring (bicyclic) bond motifs is 1. The van der Waals surface area contributed by atoms with E-state index in [0.717, 1.165) is 11.1 Å². The molecule has 4 rings (SSSR count). The van der Waals surface area contributed by atoms with Crippen molar-refractivity contribution in [2.75, 3.05) is 12.4 Å². The van der Waals surface area contributed by atoms with Crippen molar-refractivity contribution in [3.05, 3.63) is 54.1 Å². The number of nitrogens with zero attached hydrogens (tertiary/aromatic N) is 4. The van der Waals surface area contributed by atoms with Gasteiger partial charge in [-0.15, -0.1) is 0 Å². The number of carbonyl (C=O) groups excluding carboxylic acids is 2. The second kappa shape index (κ2) is 8.54. The standard InChI is InChI=1S/C20H20N6O3S/c1-3-29-19(27)16-12(2)24-20(28)25-15(16)10-30-18-14-9-23-26(17(14)21-11-22-18)13-7-5-4-6-8-13/h4-9,11-12H,3,10H2,1-2H3,(H2,24,25,28)/t12-/m1/s1. The number of hydrogen-bond acceptors (Lipinski definition) is 7. The van der Waals surface area contributed by atoms with E-state index in [1.807, 2.05) is 30.3 Å². The van der Waals surface area contributed by atoms with Crippen LogP contribution in [0, 0.1) is 0 Å². The molecular weight excluding hydrogens is 404 g/mol. The Labute approximate surface area is 176 Å². The molecule has 3 aromatic rings. The highest BCUT2D eigenvalue weighted by Crippen LogP contribution is 2.28. The molecule has 30 heavy (non-hydrogen) atoms. The number of thioether (sulfide) groups is 1. The number of ether oxygens (including phenoxy) is 1. The molecule has 1 aliphatic rings. The highest BCUT2D eigenvalue weighted by molar-refractivity contribution is 7.99. The van der Waals surface area contributed by atoms with Gasteiger partial charge in [-0.3, -0.25) is 0 Å². The number of urea groups is 1. The zero-order valence-electron chi connectivity index (χ0n) is 16.5. The van der Waals surface area contributed by atoms with Gasteiger partial charge in [0, 0.05) is 11.4 Å². The predicted octanol–water partition coefficient (Wildman–Crippen LogP) is 2.43. The third-order valence-electron chi connectivity index (χ3n) is 4.55. The minimum Gasteiger partial charge on any atom is -0.463 e. The van der Waals surface area contributed by atoms with Gasteiger partial charge in [0.05, 0.1) is 35.5 Å². The number of nitrogens with one attached hydrogen (secondary N) is 2. The Kier molecular flexibility index (Phi) is 5.66. The van der Waals surface area contributed by atoms with Crippen molar-refractivity contribution in [2.24, 2.45) is 0 Å². The van der Waals surface area contributed by atoms with E-state index in [-0.39, 0.29) is 12.6 Å². The van der Waals surface area contributed by atoms with E-state index in [9.17, 15) is 9.59 Å². The fourth-order valence-corrected chi connectivity index (χ4v) is 4.16. The third-order valence-corrected chi connectivity index (χ3v) is 5.58. The lowest BCUT2D eigenvalue weighted by atomic mass is 10.1. The molecule has 1 aliphatic heterocycles. The van der Waals surface area contributed by atoms with E-state index in [4.69, 9.17) is 4.74 Å². The first-order valence-electron chi connectivity index (χ1n) is 9.43. The summed E-state index contributed by atoms with van der Waals surface area (Å²) in [7, 11) is 0. The summed E-state index contributed by atoms with van der Waals surface area (Å²) in [5.41, 5.74) is 2.50. The fourth-order valence-electron chi connectivity index (χ4n) is 3.23. The number of carbonyl (C=O) groups is 2. The number of para-hydroxylation sites is 1. The molecule has 0 unspecified atom stereocenters. The Bertz CT molecular complexity index is 1130. The molecule has 0 radical (unpaired) electrons. The number of esters is 1. The Morgan fingerprint density at radius 1 is 1.27 bits per heavy atom. The zero-order chi connectivity index (χ0) is 21.1. The van der Waals surface area contributed by atoms with Crippen LogP contribution in [0.5, 0.6) is 0 Å². The Hall–Kier alpha value is -3.40. The van der Waals surface area contributed by atoms with Crippen molar-refractivity contribution in [1.29, 1.82) is 0 Å². The molecule has 1 aromatic carbocycles. The number of rotatable bonds is 6. The SMILES string of the molecule is CCOC(=O)C1=C(CSc2ncnc3c2cnn3-c2ccccc2)NC(=O)N[C@@H]1C. The van der Waals surface area contributed by atoms with Crippen molar-refractivity contribution in [3.8, 4) is 5.69 Å². The maximum atomic E-state index is 12.4. The van der Waals surface area contributed by atoms with Crippen LogP contribution in [0.3, 0.4) is 0 Å². The maximum absolute atomic E-state index is 12.4. The number of hydrogen-bond donors (Lipinski definition) is 2. The van der Waals surface area contributed by atoms with Gasteiger partial charge in [0.2, 0.25) is 0 Å². The van der Waals surface area contributed by atoms with Crippen molar-refractivity contribution in [2.45, 2.75) is 24.9 Å². The average molecular weight is 424 g/mol. The molecule has 2 aromatic heterocycles. The van der Waals surface area contributed by atoms with Gasteiger partial charge in [-0.1, -0.05) is 30.0 Å². The minimum absolute atomic E-state index is 0.259. The van der Waals surface area contributed by atoms with Crippen LogP contribution in [0.2, 0.25) is 0 Å². The zero-order valence-corrected chi connectivity index (χ0v) is 17.3. The van der Waals surface area contributed by atoms with E-state index in [1.54, 1.807) is 24.7 Å². The predicted molar refractivity (Wildman–Crippen MR) is 112 cm³/mol. The molecule has 0 bridgehead atoms. The van der Waals surface area contributed by atoms with Gasteiger partial charge in [-0.05, 0) is 26.0 Å². The van der Waals surface area contributed by atoms with Gasteiger partial charge >= 0.3 is 12.0 Å². The molecule has 0 saturated heterocycles. The van der Waals surface area contributed by atoms with Gasteiger partial charge in [-0.2, -0.15) is 5.10 Å². The van der Waals surface area contributed by atoms with Gasteiger partial charge in [0.15, 0.2) is 5.65 Å². The number of aromatic nitrogens is 4. The van der Waals surface area contributed by atoms with Crippen LogP contribution in [0.25, 0.3) is 16.7 Å². The molecule has 154 valence electrons. The molecule has 2 N–H and O–H groups in total. The van der Waals surface area contributed by atoms with Crippen LogP contribution in [-0.4, -0.2) is 50.2 Å². The summed E-state index contributed by atoms with van der Waals surface area (Å²) in [4.78, 5) is 33.1. The molecule has 0 fully saturated rings. The first-order valence-corrected chi connectivity index (χ1v) is 10.4. The van der Waals surface area contributed by atoms with Gasteiger partial charge < -0.3 is 15.4 Å². The smallest absolute Gasteiger partial charge is 0.337 e. The van der Waals surface area contributed by atoms with Crippen molar-refractivity contribution >= 4 is 34.8 Å². The molecule has 9 nitrogen and oxygen atoms in total. The maximum Gasteiger partial charge on any atom is 0.337 e. The van der Waals surface area contributed by atoms with Crippen LogP contribution >= 0.6 is 11.8 Å². The summed E-state index contributed by atoms with van der Waals surface area (Å²) in [5.74, 6) is -0.105.